The van der Waals surface area contributed by atoms with Crippen LogP contribution >= 0.6 is 23.9 Å². The second kappa shape index (κ2) is 14.3. The zero-order valence-corrected chi connectivity index (χ0v) is 29.6. The molecule has 0 saturated heterocycles. The number of nitrogens with one attached hydrogen (secondary N) is 2. The third-order valence-electron chi connectivity index (χ3n) is 8.76. The van der Waals surface area contributed by atoms with Crippen molar-refractivity contribution in [3.63, 3.8) is 0 Å². The van der Waals surface area contributed by atoms with Gasteiger partial charge < -0.3 is 24.8 Å². The van der Waals surface area contributed by atoms with Crippen LogP contribution in [0.5, 0.6) is 5.75 Å². The van der Waals surface area contributed by atoms with Crippen molar-refractivity contribution in [1.29, 1.82) is 0 Å². The molecular formula is C35H46BrN6OP. The number of fused-ring (bicyclic) bond motifs is 3. The van der Waals surface area contributed by atoms with Crippen molar-refractivity contribution in [3.05, 3.63) is 64.5 Å². The van der Waals surface area contributed by atoms with Crippen molar-refractivity contribution in [2.24, 2.45) is 7.05 Å². The summed E-state index contributed by atoms with van der Waals surface area (Å²) in [6.45, 7) is 12.3. The number of benzene rings is 2. The van der Waals surface area contributed by atoms with Gasteiger partial charge >= 0.3 is 0 Å². The summed E-state index contributed by atoms with van der Waals surface area (Å²) in [5, 5.41) is 8.36. The highest BCUT2D eigenvalue weighted by atomic mass is 79.9. The van der Waals surface area contributed by atoms with Crippen molar-refractivity contribution < 1.29 is 4.74 Å². The zero-order chi connectivity index (χ0) is 31.4. The van der Waals surface area contributed by atoms with Crippen LogP contribution in [0.3, 0.4) is 0 Å². The lowest BCUT2D eigenvalue weighted by Crippen LogP contribution is -2.36. The first-order chi connectivity index (χ1) is 21.3. The Labute approximate surface area is 272 Å². The maximum absolute atomic E-state index is 6.02. The molecule has 0 aliphatic carbocycles. The minimum absolute atomic E-state index is 0.280. The van der Waals surface area contributed by atoms with Gasteiger partial charge in [-0.05, 0) is 72.0 Å². The predicted octanol–water partition coefficient (Wildman–Crippen LogP) is 9.00. The van der Waals surface area contributed by atoms with Gasteiger partial charge in [-0.15, -0.1) is 0 Å². The number of methoxy groups -OCH3 is 1. The van der Waals surface area contributed by atoms with Crippen LogP contribution in [0, 0.1) is 0 Å². The van der Waals surface area contributed by atoms with Crippen molar-refractivity contribution in [2.75, 3.05) is 42.5 Å². The molecule has 44 heavy (non-hydrogen) atoms. The van der Waals surface area contributed by atoms with Crippen LogP contribution < -0.4 is 25.6 Å². The normalized spacial score (nSPS) is 13.3. The maximum atomic E-state index is 6.02. The Morgan fingerprint density at radius 1 is 1.05 bits per heavy atom. The molecule has 5 rings (SSSR count). The number of nitrogens with zero attached hydrogens (tertiary/aromatic N) is 4. The van der Waals surface area contributed by atoms with Gasteiger partial charge in [0.1, 0.15) is 11.6 Å². The Morgan fingerprint density at radius 2 is 1.84 bits per heavy atom. The highest BCUT2D eigenvalue weighted by molar-refractivity contribution is 9.10. The molecule has 0 saturated carbocycles. The lowest BCUT2D eigenvalue weighted by Gasteiger charge is -2.34. The van der Waals surface area contributed by atoms with E-state index in [2.05, 4.69) is 125 Å². The fourth-order valence-electron chi connectivity index (χ4n) is 6.34. The largest absolute Gasteiger partial charge is 0.494 e. The van der Waals surface area contributed by atoms with Gasteiger partial charge in [-0.2, -0.15) is 4.98 Å². The second-order valence-corrected chi connectivity index (χ2v) is 14.8. The molecule has 2 aromatic heterocycles. The fourth-order valence-corrected chi connectivity index (χ4v) is 7.63. The molecule has 0 bridgehead atoms. The van der Waals surface area contributed by atoms with Gasteiger partial charge in [0.15, 0.2) is 0 Å². The highest BCUT2D eigenvalue weighted by Crippen LogP contribution is 2.45. The molecule has 2 aromatic carbocycles. The Balaban J connectivity index is 1.57. The summed E-state index contributed by atoms with van der Waals surface area (Å²) < 4.78 is 9.23. The van der Waals surface area contributed by atoms with Crippen LogP contribution in [-0.4, -0.2) is 47.6 Å². The average Bonchev–Trinajstić information content (AvgIpc) is 3.26. The van der Waals surface area contributed by atoms with E-state index >= 15 is 0 Å². The van der Waals surface area contributed by atoms with Crippen molar-refractivity contribution >= 4 is 58.0 Å². The van der Waals surface area contributed by atoms with E-state index in [9.17, 15) is 0 Å². The molecular weight excluding hydrogens is 631 g/mol. The molecule has 4 aromatic rings. The predicted molar refractivity (Wildman–Crippen MR) is 193 cm³/mol. The molecule has 1 aliphatic rings. The van der Waals surface area contributed by atoms with Crippen LogP contribution in [0.4, 0.5) is 28.8 Å². The second-order valence-electron chi connectivity index (χ2n) is 11.7. The summed E-state index contributed by atoms with van der Waals surface area (Å²) in [7, 11) is 3.68. The van der Waals surface area contributed by atoms with Crippen LogP contribution in [0.2, 0.25) is 0 Å². The quantitative estimate of drug-likeness (QED) is 0.146. The van der Waals surface area contributed by atoms with Crippen molar-refractivity contribution in [1.82, 2.24) is 14.5 Å². The van der Waals surface area contributed by atoms with Gasteiger partial charge in [-0.3, -0.25) is 0 Å². The van der Waals surface area contributed by atoms with Gasteiger partial charge in [0.25, 0.3) is 0 Å². The number of hydrogen-bond acceptors (Lipinski definition) is 6. The third kappa shape index (κ3) is 6.62. The molecule has 3 heterocycles. The Bertz CT molecular complexity index is 1600. The van der Waals surface area contributed by atoms with E-state index in [1.807, 2.05) is 0 Å². The number of unbranched alkanes of at least 4 members (excludes halogenated alkanes) is 1. The molecule has 0 fully saturated rings. The highest BCUT2D eigenvalue weighted by Gasteiger charge is 2.29. The number of anilines is 5. The summed E-state index contributed by atoms with van der Waals surface area (Å²) in [5.41, 5.74) is 8.44. The minimum Gasteiger partial charge on any atom is -0.494 e. The van der Waals surface area contributed by atoms with E-state index in [1.54, 1.807) is 13.3 Å². The standard InChI is InChI=1S/C35H46BrN6OP/c1-8-11-14-23(9-2)42-18-17-30-25(19-24(10-3)41(30)4)26-20-29(32(43-5)21-31(26)42)39-35-37-22-27(36)34(40-35)38-28-15-12-13-16-33(28)44(6)7/h12-13,15-16,19-23H,8-11,14,17-18H2,1-7H3,(H2,37,38,39,40). The fraction of sp³-hybridized carbons (Fsp3) is 0.429. The molecule has 0 amide bonds. The number of para-hydroxylation sites is 1. The van der Waals surface area contributed by atoms with E-state index in [0.717, 1.165) is 47.4 Å². The third-order valence-corrected chi connectivity index (χ3v) is 10.7. The minimum atomic E-state index is -0.280. The van der Waals surface area contributed by atoms with Gasteiger partial charge in [0, 0.05) is 72.2 Å². The molecule has 1 unspecified atom stereocenters. The monoisotopic (exact) mass is 676 g/mol. The molecule has 7 nitrogen and oxygen atoms in total. The lowest BCUT2D eigenvalue weighted by molar-refractivity contribution is 0.416. The average molecular weight is 678 g/mol. The summed E-state index contributed by atoms with van der Waals surface area (Å²) in [6.07, 6.45) is 8.54. The van der Waals surface area contributed by atoms with Gasteiger partial charge in [-0.1, -0.05) is 59.7 Å². The van der Waals surface area contributed by atoms with E-state index in [-0.39, 0.29) is 7.92 Å². The number of aryl methyl sites for hydroxylation is 1. The number of halogens is 1. The molecule has 1 aliphatic heterocycles. The molecule has 2 N–H and O–H groups in total. The Kier molecular flexibility index (Phi) is 10.5. The van der Waals surface area contributed by atoms with Gasteiger partial charge in [0.05, 0.1) is 17.3 Å². The van der Waals surface area contributed by atoms with Crippen LogP contribution in [0.1, 0.15) is 57.8 Å². The van der Waals surface area contributed by atoms with Gasteiger partial charge in [-0.25, -0.2) is 4.98 Å². The van der Waals surface area contributed by atoms with E-state index < -0.39 is 0 Å². The number of rotatable bonds is 12. The smallest absolute Gasteiger partial charge is 0.229 e. The first-order valence-electron chi connectivity index (χ1n) is 15.8. The molecule has 1 atom stereocenters. The van der Waals surface area contributed by atoms with E-state index in [0.29, 0.717) is 17.8 Å². The maximum Gasteiger partial charge on any atom is 0.229 e. The van der Waals surface area contributed by atoms with Crippen LogP contribution in [0.25, 0.3) is 11.1 Å². The number of ether oxygens (including phenoxy) is 1. The van der Waals surface area contributed by atoms with Crippen LogP contribution in [0.15, 0.2) is 53.1 Å². The zero-order valence-electron chi connectivity index (χ0n) is 27.2. The lowest BCUT2D eigenvalue weighted by atomic mass is 10.00. The Hall–Kier alpha value is -3.09. The molecule has 234 valence electrons. The topological polar surface area (TPSA) is 67.2 Å². The van der Waals surface area contributed by atoms with Gasteiger partial charge in [0.2, 0.25) is 5.95 Å². The first kappa shape index (κ1) is 32.3. The summed E-state index contributed by atoms with van der Waals surface area (Å²) in [6, 6.07) is 15.8. The molecule has 9 heteroatoms. The SMILES string of the molecule is CCCCC(CC)N1CCc2c(cc(CC)n2C)-c2cc(Nc3ncc(Br)c(Nc4ccccc4P(C)C)n3)c(OC)cc21. The summed E-state index contributed by atoms with van der Waals surface area (Å²) >= 11 is 3.66. The summed E-state index contributed by atoms with van der Waals surface area (Å²) in [5.74, 6) is 2.00. The van der Waals surface area contributed by atoms with E-state index in [4.69, 9.17) is 9.72 Å². The summed E-state index contributed by atoms with van der Waals surface area (Å²) in [4.78, 5) is 12.2. The van der Waals surface area contributed by atoms with Crippen molar-refractivity contribution in [2.45, 2.75) is 65.3 Å². The number of hydrogen-bond donors (Lipinski definition) is 2. The van der Waals surface area contributed by atoms with Crippen LogP contribution in [-0.2, 0) is 19.9 Å². The molecule has 0 radical (unpaired) electrons. The number of aromatic nitrogens is 3. The Morgan fingerprint density at radius 3 is 2.55 bits per heavy atom. The molecule has 0 spiro atoms. The first-order valence-corrected chi connectivity index (χ1v) is 18.8. The van der Waals surface area contributed by atoms with E-state index in [1.165, 1.54) is 52.8 Å². The van der Waals surface area contributed by atoms with Crippen molar-refractivity contribution in [3.8, 4) is 16.9 Å².